The Morgan fingerprint density at radius 1 is 1.20 bits per heavy atom. The molecular formula is C16H19NO3. The van der Waals surface area contributed by atoms with E-state index in [4.69, 9.17) is 9.47 Å². The van der Waals surface area contributed by atoms with Gasteiger partial charge in [0.1, 0.15) is 5.60 Å². The Balaban J connectivity index is 2.04. The molecule has 0 aliphatic heterocycles. The number of nitrogens with one attached hydrogen (secondary N) is 1. The van der Waals surface area contributed by atoms with Crippen LogP contribution in [0.4, 0.5) is 0 Å². The number of carbonyl (C=O) groups is 1. The summed E-state index contributed by atoms with van der Waals surface area (Å²) in [5.74, 6) is -0.308. The third-order valence-corrected chi connectivity index (χ3v) is 4.33. The zero-order valence-electron chi connectivity index (χ0n) is 11.9. The molecule has 106 valence electrons. The van der Waals surface area contributed by atoms with Crippen LogP contribution in [0.5, 0.6) is 0 Å². The molecule has 0 spiro atoms. The van der Waals surface area contributed by atoms with E-state index in [0.29, 0.717) is 5.56 Å². The second kappa shape index (κ2) is 4.94. The van der Waals surface area contributed by atoms with Gasteiger partial charge in [0.15, 0.2) is 0 Å². The van der Waals surface area contributed by atoms with E-state index in [0.717, 1.165) is 29.4 Å². The van der Waals surface area contributed by atoms with Crippen molar-refractivity contribution in [2.45, 2.75) is 31.3 Å². The average molecular weight is 273 g/mol. The van der Waals surface area contributed by atoms with Crippen LogP contribution < -0.4 is 0 Å². The number of methoxy groups -OCH3 is 2. The number of aromatic amines is 1. The monoisotopic (exact) mass is 273 g/mol. The number of aromatic nitrogens is 1. The Kier molecular flexibility index (Phi) is 3.26. The van der Waals surface area contributed by atoms with Gasteiger partial charge >= 0.3 is 5.97 Å². The number of ether oxygens (including phenoxy) is 2. The minimum Gasteiger partial charge on any atom is -0.465 e. The second-order valence-electron chi connectivity index (χ2n) is 5.38. The van der Waals surface area contributed by atoms with E-state index >= 15 is 0 Å². The predicted octanol–water partition coefficient (Wildman–Crippen LogP) is 3.37. The minimum atomic E-state index is -0.308. The molecule has 1 saturated carbocycles. The maximum Gasteiger partial charge on any atom is 0.337 e. The number of benzene rings is 1. The Morgan fingerprint density at radius 3 is 2.60 bits per heavy atom. The van der Waals surface area contributed by atoms with Crippen LogP contribution in [0.25, 0.3) is 10.9 Å². The van der Waals surface area contributed by atoms with Gasteiger partial charge in [0.05, 0.1) is 12.7 Å². The van der Waals surface area contributed by atoms with Crippen LogP contribution >= 0.6 is 0 Å². The summed E-state index contributed by atoms with van der Waals surface area (Å²) in [6.07, 6.45) is 4.47. The number of H-pyrrole nitrogens is 1. The first-order chi connectivity index (χ1) is 9.68. The summed E-state index contributed by atoms with van der Waals surface area (Å²) in [5, 5.41) is 1.02. The Morgan fingerprint density at radius 2 is 1.95 bits per heavy atom. The van der Waals surface area contributed by atoms with Crippen molar-refractivity contribution in [3.05, 3.63) is 35.5 Å². The van der Waals surface area contributed by atoms with Gasteiger partial charge in [0.2, 0.25) is 0 Å². The fourth-order valence-corrected chi connectivity index (χ4v) is 3.15. The van der Waals surface area contributed by atoms with E-state index in [1.165, 1.54) is 20.0 Å². The van der Waals surface area contributed by atoms with Crippen LogP contribution in [-0.2, 0) is 15.1 Å². The van der Waals surface area contributed by atoms with E-state index in [-0.39, 0.29) is 11.6 Å². The first-order valence-corrected chi connectivity index (χ1v) is 6.95. The van der Waals surface area contributed by atoms with Crippen molar-refractivity contribution in [1.82, 2.24) is 4.98 Å². The smallest absolute Gasteiger partial charge is 0.337 e. The second-order valence-corrected chi connectivity index (χ2v) is 5.38. The van der Waals surface area contributed by atoms with Gasteiger partial charge < -0.3 is 14.5 Å². The van der Waals surface area contributed by atoms with Crippen molar-refractivity contribution in [1.29, 1.82) is 0 Å². The lowest BCUT2D eigenvalue weighted by molar-refractivity contribution is -0.0117. The van der Waals surface area contributed by atoms with Crippen LogP contribution in [-0.4, -0.2) is 25.2 Å². The predicted molar refractivity (Wildman–Crippen MR) is 76.8 cm³/mol. The van der Waals surface area contributed by atoms with Gasteiger partial charge in [-0.2, -0.15) is 0 Å². The number of esters is 1. The molecule has 1 heterocycles. The molecule has 0 amide bonds. The van der Waals surface area contributed by atoms with E-state index < -0.39 is 0 Å². The number of hydrogen-bond acceptors (Lipinski definition) is 3. The van der Waals surface area contributed by atoms with Crippen molar-refractivity contribution >= 4 is 16.9 Å². The summed E-state index contributed by atoms with van der Waals surface area (Å²) in [7, 11) is 3.17. The Bertz CT molecular complexity index is 638. The van der Waals surface area contributed by atoms with Gasteiger partial charge in [-0.05, 0) is 37.1 Å². The Labute approximate surface area is 118 Å². The molecule has 4 nitrogen and oxygen atoms in total. The standard InChI is InChI=1S/C16H19NO3/c1-19-15(18)11-5-6-13-12(9-11)10-14(17-13)16(20-2)7-3-4-8-16/h5-6,9-10,17H,3-4,7-8H2,1-2H3. The third-order valence-electron chi connectivity index (χ3n) is 4.33. The van der Waals surface area contributed by atoms with Crippen LogP contribution in [0.3, 0.4) is 0 Å². The fraction of sp³-hybridized carbons (Fsp3) is 0.438. The van der Waals surface area contributed by atoms with Crippen LogP contribution in [0.2, 0.25) is 0 Å². The Hall–Kier alpha value is -1.81. The van der Waals surface area contributed by atoms with E-state index in [1.807, 2.05) is 12.1 Å². The maximum atomic E-state index is 11.6. The molecule has 1 aliphatic carbocycles. The van der Waals surface area contributed by atoms with E-state index in [1.54, 1.807) is 13.2 Å². The highest BCUT2D eigenvalue weighted by Gasteiger charge is 2.36. The number of carbonyl (C=O) groups excluding carboxylic acids is 1. The number of fused-ring (bicyclic) bond motifs is 1. The topological polar surface area (TPSA) is 51.3 Å². The molecule has 1 N–H and O–H groups in total. The van der Waals surface area contributed by atoms with E-state index in [9.17, 15) is 4.79 Å². The first-order valence-electron chi connectivity index (χ1n) is 6.95. The van der Waals surface area contributed by atoms with Gasteiger partial charge in [0, 0.05) is 23.7 Å². The molecule has 0 unspecified atom stereocenters. The zero-order chi connectivity index (χ0) is 14.2. The minimum absolute atomic E-state index is 0.190. The third kappa shape index (κ3) is 2.00. The fourth-order valence-electron chi connectivity index (χ4n) is 3.15. The van der Waals surface area contributed by atoms with Gasteiger partial charge in [-0.25, -0.2) is 4.79 Å². The van der Waals surface area contributed by atoms with Gasteiger partial charge in [0.25, 0.3) is 0 Å². The van der Waals surface area contributed by atoms with Gasteiger partial charge in [-0.3, -0.25) is 0 Å². The normalized spacial score (nSPS) is 17.5. The van der Waals surface area contributed by atoms with Crippen molar-refractivity contribution in [2.24, 2.45) is 0 Å². The summed E-state index contributed by atoms with van der Waals surface area (Å²) in [4.78, 5) is 15.0. The van der Waals surface area contributed by atoms with Gasteiger partial charge in [-0.1, -0.05) is 12.8 Å². The lowest BCUT2D eigenvalue weighted by Crippen LogP contribution is -2.24. The van der Waals surface area contributed by atoms with Crippen LogP contribution in [0.15, 0.2) is 24.3 Å². The molecule has 3 rings (SSSR count). The largest absolute Gasteiger partial charge is 0.465 e. The molecule has 0 bridgehead atoms. The molecule has 1 fully saturated rings. The number of rotatable bonds is 3. The van der Waals surface area contributed by atoms with Crippen molar-refractivity contribution < 1.29 is 14.3 Å². The quantitative estimate of drug-likeness (QED) is 0.872. The van der Waals surface area contributed by atoms with E-state index in [2.05, 4.69) is 11.1 Å². The summed E-state index contributed by atoms with van der Waals surface area (Å²) in [6, 6.07) is 7.65. The highest BCUT2D eigenvalue weighted by atomic mass is 16.5. The molecule has 1 aliphatic rings. The van der Waals surface area contributed by atoms with Crippen molar-refractivity contribution in [2.75, 3.05) is 14.2 Å². The molecular weight excluding hydrogens is 254 g/mol. The average Bonchev–Trinajstić information content (AvgIpc) is 3.12. The molecule has 4 heteroatoms. The highest BCUT2D eigenvalue weighted by Crippen LogP contribution is 2.42. The SMILES string of the molecule is COC(=O)c1ccc2[nH]c(C3(OC)CCCC3)cc2c1. The summed E-state index contributed by atoms with van der Waals surface area (Å²) < 4.78 is 10.5. The summed E-state index contributed by atoms with van der Waals surface area (Å²) >= 11 is 0. The summed E-state index contributed by atoms with van der Waals surface area (Å²) in [6.45, 7) is 0. The van der Waals surface area contributed by atoms with Gasteiger partial charge in [-0.15, -0.1) is 0 Å². The summed E-state index contributed by atoms with van der Waals surface area (Å²) in [5.41, 5.74) is 2.51. The van der Waals surface area contributed by atoms with Crippen molar-refractivity contribution in [3.63, 3.8) is 0 Å². The maximum absolute atomic E-state index is 11.6. The zero-order valence-corrected chi connectivity index (χ0v) is 11.9. The van der Waals surface area contributed by atoms with Crippen LogP contribution in [0, 0.1) is 0 Å². The molecule has 2 aromatic rings. The van der Waals surface area contributed by atoms with Crippen molar-refractivity contribution in [3.8, 4) is 0 Å². The molecule has 0 radical (unpaired) electrons. The highest BCUT2D eigenvalue weighted by molar-refractivity contribution is 5.94. The number of hydrogen-bond donors (Lipinski definition) is 1. The lowest BCUT2D eigenvalue weighted by atomic mass is 9.97. The molecule has 0 atom stereocenters. The molecule has 0 saturated heterocycles. The lowest BCUT2D eigenvalue weighted by Gasteiger charge is -2.26. The molecule has 20 heavy (non-hydrogen) atoms. The molecule has 1 aromatic heterocycles. The molecule has 1 aromatic carbocycles. The first kappa shape index (κ1) is 13.2. The van der Waals surface area contributed by atoms with Crippen LogP contribution in [0.1, 0.15) is 41.7 Å².